The van der Waals surface area contributed by atoms with Gasteiger partial charge in [0.2, 0.25) is 5.91 Å². The van der Waals surface area contributed by atoms with Crippen molar-refractivity contribution >= 4 is 5.91 Å². The van der Waals surface area contributed by atoms with Gasteiger partial charge in [-0.2, -0.15) is 0 Å². The zero-order valence-corrected chi connectivity index (χ0v) is 15.5. The van der Waals surface area contributed by atoms with Crippen LogP contribution in [0, 0.1) is 0 Å². The number of ether oxygens (including phenoxy) is 2. The lowest BCUT2D eigenvalue weighted by Crippen LogP contribution is -2.47. The second kappa shape index (κ2) is 7.88. The van der Waals surface area contributed by atoms with Crippen molar-refractivity contribution in [1.82, 2.24) is 10.2 Å². The minimum absolute atomic E-state index is 0.0919. The molecule has 0 bridgehead atoms. The molecule has 2 rings (SSSR count). The Bertz CT molecular complexity index is 572. The van der Waals surface area contributed by atoms with Crippen LogP contribution in [0.25, 0.3) is 0 Å². The third-order valence-corrected chi connectivity index (χ3v) is 4.86. The molecule has 134 valence electrons. The van der Waals surface area contributed by atoms with Crippen molar-refractivity contribution in [2.24, 2.45) is 0 Å². The summed E-state index contributed by atoms with van der Waals surface area (Å²) in [6, 6.07) is 6.28. The molecule has 0 aromatic heterocycles. The van der Waals surface area contributed by atoms with Crippen LogP contribution in [0.5, 0.6) is 11.5 Å². The van der Waals surface area contributed by atoms with Crippen molar-refractivity contribution in [1.29, 1.82) is 0 Å². The SMILES string of the molecule is CCC(C)(C)NC(=O)CN1CCCC1c1ccc(OC)c(OC)c1. The van der Waals surface area contributed by atoms with E-state index in [1.165, 1.54) is 5.56 Å². The first-order valence-electron chi connectivity index (χ1n) is 8.67. The van der Waals surface area contributed by atoms with Crippen LogP contribution in [-0.4, -0.2) is 43.7 Å². The Morgan fingerprint density at radius 2 is 2.00 bits per heavy atom. The van der Waals surface area contributed by atoms with Crippen LogP contribution in [-0.2, 0) is 4.79 Å². The van der Waals surface area contributed by atoms with Gasteiger partial charge in [0, 0.05) is 11.6 Å². The number of benzene rings is 1. The van der Waals surface area contributed by atoms with Crippen molar-refractivity contribution in [2.45, 2.75) is 51.6 Å². The number of likely N-dealkylation sites (tertiary alicyclic amines) is 1. The molecule has 1 amide bonds. The van der Waals surface area contributed by atoms with E-state index in [2.05, 4.69) is 37.1 Å². The fourth-order valence-corrected chi connectivity index (χ4v) is 3.14. The normalized spacial score (nSPS) is 18.5. The lowest BCUT2D eigenvalue weighted by atomic mass is 10.0. The number of hydrogen-bond donors (Lipinski definition) is 1. The maximum atomic E-state index is 12.4. The summed E-state index contributed by atoms with van der Waals surface area (Å²) in [6.07, 6.45) is 3.07. The molecule has 1 saturated heterocycles. The number of hydrogen-bond acceptors (Lipinski definition) is 4. The van der Waals surface area contributed by atoms with Crippen LogP contribution in [0.15, 0.2) is 18.2 Å². The molecule has 1 aliphatic heterocycles. The predicted octanol–water partition coefficient (Wildman–Crippen LogP) is 3.15. The van der Waals surface area contributed by atoms with E-state index in [9.17, 15) is 4.79 Å². The number of rotatable bonds is 7. The number of amides is 1. The summed E-state index contributed by atoms with van der Waals surface area (Å²) >= 11 is 0. The van der Waals surface area contributed by atoms with Crippen LogP contribution < -0.4 is 14.8 Å². The van der Waals surface area contributed by atoms with Gasteiger partial charge in [-0.3, -0.25) is 9.69 Å². The Morgan fingerprint density at radius 3 is 2.62 bits per heavy atom. The molecule has 1 N–H and O–H groups in total. The Morgan fingerprint density at radius 1 is 1.29 bits per heavy atom. The smallest absolute Gasteiger partial charge is 0.234 e. The monoisotopic (exact) mass is 334 g/mol. The van der Waals surface area contributed by atoms with E-state index in [1.54, 1.807) is 14.2 Å². The zero-order chi connectivity index (χ0) is 17.7. The highest BCUT2D eigenvalue weighted by Gasteiger charge is 2.29. The maximum Gasteiger partial charge on any atom is 0.234 e. The molecule has 1 atom stereocenters. The highest BCUT2D eigenvalue weighted by atomic mass is 16.5. The first-order chi connectivity index (χ1) is 11.4. The molecular formula is C19H30N2O3. The Labute approximate surface area is 145 Å². The summed E-state index contributed by atoms with van der Waals surface area (Å²) in [6.45, 7) is 7.57. The Balaban J connectivity index is 2.09. The van der Waals surface area contributed by atoms with E-state index in [-0.39, 0.29) is 17.5 Å². The molecule has 0 saturated carbocycles. The summed E-state index contributed by atoms with van der Waals surface area (Å²) in [5.41, 5.74) is 1.02. The summed E-state index contributed by atoms with van der Waals surface area (Å²) in [4.78, 5) is 14.6. The van der Waals surface area contributed by atoms with E-state index in [0.29, 0.717) is 6.54 Å². The molecule has 0 aliphatic carbocycles. The van der Waals surface area contributed by atoms with Crippen molar-refractivity contribution in [2.75, 3.05) is 27.3 Å². The minimum atomic E-state index is -0.157. The average Bonchev–Trinajstić information content (AvgIpc) is 3.01. The summed E-state index contributed by atoms with van der Waals surface area (Å²) < 4.78 is 10.7. The van der Waals surface area contributed by atoms with Crippen LogP contribution in [0.4, 0.5) is 0 Å². The fourth-order valence-electron chi connectivity index (χ4n) is 3.14. The molecular weight excluding hydrogens is 304 g/mol. The van der Waals surface area contributed by atoms with Crippen LogP contribution >= 0.6 is 0 Å². The van der Waals surface area contributed by atoms with E-state index in [4.69, 9.17) is 9.47 Å². The van der Waals surface area contributed by atoms with Crippen molar-refractivity contribution < 1.29 is 14.3 Å². The second-order valence-electron chi connectivity index (χ2n) is 7.03. The predicted molar refractivity (Wildman–Crippen MR) is 95.6 cm³/mol. The molecule has 1 heterocycles. The lowest BCUT2D eigenvalue weighted by Gasteiger charge is -2.29. The summed E-state index contributed by atoms with van der Waals surface area (Å²) in [5.74, 6) is 1.56. The van der Waals surface area contributed by atoms with Gasteiger partial charge in [0.05, 0.1) is 20.8 Å². The number of nitrogens with zero attached hydrogens (tertiary/aromatic N) is 1. The van der Waals surface area contributed by atoms with Crippen LogP contribution in [0.1, 0.15) is 51.6 Å². The maximum absolute atomic E-state index is 12.4. The van der Waals surface area contributed by atoms with Crippen LogP contribution in [0.2, 0.25) is 0 Å². The molecule has 5 heteroatoms. The summed E-state index contributed by atoms with van der Waals surface area (Å²) in [7, 11) is 3.29. The minimum Gasteiger partial charge on any atom is -0.493 e. The van der Waals surface area contributed by atoms with Gasteiger partial charge >= 0.3 is 0 Å². The Hall–Kier alpha value is -1.75. The zero-order valence-electron chi connectivity index (χ0n) is 15.5. The second-order valence-corrected chi connectivity index (χ2v) is 7.03. The highest BCUT2D eigenvalue weighted by molar-refractivity contribution is 5.78. The van der Waals surface area contributed by atoms with Gasteiger partial charge < -0.3 is 14.8 Å². The molecule has 1 aliphatic rings. The largest absolute Gasteiger partial charge is 0.493 e. The van der Waals surface area contributed by atoms with Gasteiger partial charge in [-0.25, -0.2) is 0 Å². The van der Waals surface area contributed by atoms with Gasteiger partial charge in [-0.1, -0.05) is 13.0 Å². The van der Waals surface area contributed by atoms with Crippen molar-refractivity contribution in [3.63, 3.8) is 0 Å². The molecule has 0 radical (unpaired) electrons. The molecule has 24 heavy (non-hydrogen) atoms. The van der Waals surface area contributed by atoms with Crippen molar-refractivity contribution in [3.8, 4) is 11.5 Å². The first-order valence-corrected chi connectivity index (χ1v) is 8.67. The fraction of sp³-hybridized carbons (Fsp3) is 0.632. The van der Waals surface area contributed by atoms with E-state index in [0.717, 1.165) is 37.3 Å². The lowest BCUT2D eigenvalue weighted by molar-refractivity contribution is -0.124. The van der Waals surface area contributed by atoms with Gasteiger partial charge in [-0.05, 0) is 57.4 Å². The Kier molecular flexibility index (Phi) is 6.10. The van der Waals surface area contributed by atoms with E-state index >= 15 is 0 Å². The van der Waals surface area contributed by atoms with Gasteiger partial charge in [0.1, 0.15) is 0 Å². The van der Waals surface area contributed by atoms with Gasteiger partial charge in [0.15, 0.2) is 11.5 Å². The number of methoxy groups -OCH3 is 2. The standard InChI is InChI=1S/C19H30N2O3/c1-6-19(2,3)20-18(22)13-21-11-7-8-15(21)14-9-10-16(23-4)17(12-14)24-5/h9-10,12,15H,6-8,11,13H2,1-5H3,(H,20,22). The number of carbonyl (C=O) groups is 1. The number of carbonyl (C=O) groups excluding carboxylic acids is 1. The topological polar surface area (TPSA) is 50.8 Å². The number of nitrogens with one attached hydrogen (secondary N) is 1. The quantitative estimate of drug-likeness (QED) is 0.832. The summed E-state index contributed by atoms with van der Waals surface area (Å²) in [5, 5.41) is 3.12. The van der Waals surface area contributed by atoms with Crippen LogP contribution in [0.3, 0.4) is 0 Å². The molecule has 1 fully saturated rings. The molecule has 1 aromatic carbocycles. The average molecular weight is 334 g/mol. The van der Waals surface area contributed by atoms with E-state index < -0.39 is 0 Å². The van der Waals surface area contributed by atoms with Crippen molar-refractivity contribution in [3.05, 3.63) is 23.8 Å². The third kappa shape index (κ3) is 4.41. The highest BCUT2D eigenvalue weighted by Crippen LogP contribution is 2.36. The molecule has 1 aromatic rings. The van der Waals surface area contributed by atoms with Gasteiger partial charge in [0.25, 0.3) is 0 Å². The molecule has 0 spiro atoms. The van der Waals surface area contributed by atoms with E-state index in [1.807, 2.05) is 12.1 Å². The molecule has 5 nitrogen and oxygen atoms in total. The first kappa shape index (κ1) is 18.6. The van der Waals surface area contributed by atoms with Gasteiger partial charge in [-0.15, -0.1) is 0 Å². The molecule has 1 unspecified atom stereocenters. The third-order valence-electron chi connectivity index (χ3n) is 4.86.